The Bertz CT molecular complexity index is 1460. The second kappa shape index (κ2) is 9.86. The molecule has 0 spiro atoms. The van der Waals surface area contributed by atoms with Crippen molar-refractivity contribution in [2.24, 2.45) is 16.6 Å². The van der Waals surface area contributed by atoms with Gasteiger partial charge in [0.15, 0.2) is 5.17 Å². The van der Waals surface area contributed by atoms with Crippen LogP contribution in [0.5, 0.6) is 0 Å². The molecular weight excluding hydrogens is 527 g/mol. The minimum absolute atomic E-state index is 0.0145. The number of halogens is 4. The van der Waals surface area contributed by atoms with E-state index in [-0.39, 0.29) is 34.9 Å². The van der Waals surface area contributed by atoms with E-state index in [1.807, 2.05) is 11.0 Å². The Balaban J connectivity index is 1.32. The minimum atomic E-state index is -4.54. The van der Waals surface area contributed by atoms with Gasteiger partial charge in [-0.2, -0.15) is 23.3 Å². The Kier molecular flexibility index (Phi) is 6.76. The summed E-state index contributed by atoms with van der Waals surface area (Å²) in [4.78, 5) is 30.5. The van der Waals surface area contributed by atoms with Gasteiger partial charge in [-0.3, -0.25) is 14.3 Å². The summed E-state index contributed by atoms with van der Waals surface area (Å²) in [6, 6.07) is 9.06. The van der Waals surface area contributed by atoms with Crippen LogP contribution >= 0.6 is 23.4 Å². The van der Waals surface area contributed by atoms with Crippen LogP contribution in [0.2, 0.25) is 5.02 Å². The summed E-state index contributed by atoms with van der Waals surface area (Å²) in [7, 11) is 0. The van der Waals surface area contributed by atoms with E-state index in [1.165, 1.54) is 28.6 Å². The maximum absolute atomic E-state index is 13.5. The standard InChI is InChI=1S/C25H21ClF3N5O2S/c26-18-3-2-16(19(11-18)25(27,28)29)13-34-20-4-1-14(9-17(20)12-31-34)10-21-23(36)32-24(37-21)33-7-5-15(6-8-33)22(30)35/h1-4,9-12,15H,5-8,13H2,(H2,30,35). The maximum atomic E-state index is 13.5. The lowest BCUT2D eigenvalue weighted by molar-refractivity contribution is -0.138. The summed E-state index contributed by atoms with van der Waals surface area (Å²) in [5.74, 6) is -0.790. The van der Waals surface area contributed by atoms with Crippen LogP contribution in [-0.4, -0.2) is 44.8 Å². The molecule has 5 rings (SSSR count). The second-order valence-electron chi connectivity index (χ2n) is 8.89. The number of aromatic nitrogens is 2. The molecule has 0 atom stereocenters. The van der Waals surface area contributed by atoms with Crippen LogP contribution in [0.15, 0.2) is 52.5 Å². The first-order valence-electron chi connectivity index (χ1n) is 11.5. The van der Waals surface area contributed by atoms with Gasteiger partial charge in [-0.15, -0.1) is 0 Å². The minimum Gasteiger partial charge on any atom is -0.369 e. The number of amidine groups is 1. The largest absolute Gasteiger partial charge is 0.416 e. The summed E-state index contributed by atoms with van der Waals surface area (Å²) in [6.45, 7) is 1.14. The number of carbonyl (C=O) groups is 2. The predicted molar refractivity (Wildman–Crippen MR) is 137 cm³/mol. The lowest BCUT2D eigenvalue weighted by Crippen LogP contribution is -2.40. The Morgan fingerprint density at radius 2 is 1.95 bits per heavy atom. The summed E-state index contributed by atoms with van der Waals surface area (Å²) in [5.41, 5.74) is 6.06. The normalized spacial score (nSPS) is 18.2. The van der Waals surface area contributed by atoms with Gasteiger partial charge in [0.05, 0.1) is 28.7 Å². The lowest BCUT2D eigenvalue weighted by atomic mass is 9.97. The first-order chi connectivity index (χ1) is 17.6. The fourth-order valence-corrected chi connectivity index (χ4v) is 5.61. The SMILES string of the molecule is NC(=O)C1CCN(C2=NC(=O)C(=Cc3ccc4c(cnn4Cc4ccc(Cl)cc4C(F)(F)F)c3)S2)CC1. The van der Waals surface area contributed by atoms with Crippen molar-refractivity contribution in [1.29, 1.82) is 0 Å². The number of thioether (sulfide) groups is 1. The van der Waals surface area contributed by atoms with Crippen molar-refractivity contribution in [3.8, 4) is 0 Å². The average Bonchev–Trinajstić information content (AvgIpc) is 3.42. The molecule has 2 aliphatic heterocycles. The number of hydrogen-bond donors (Lipinski definition) is 1. The molecule has 0 saturated carbocycles. The second-order valence-corrected chi connectivity index (χ2v) is 10.3. The highest BCUT2D eigenvalue weighted by Gasteiger charge is 2.34. The molecule has 2 N–H and O–H groups in total. The third-order valence-electron chi connectivity index (χ3n) is 6.44. The van der Waals surface area contributed by atoms with Gasteiger partial charge in [0.25, 0.3) is 5.91 Å². The number of likely N-dealkylation sites (tertiary alicyclic amines) is 1. The molecule has 3 heterocycles. The number of rotatable bonds is 4. The van der Waals surface area contributed by atoms with Gasteiger partial charge in [0, 0.05) is 29.4 Å². The number of nitrogens with zero attached hydrogens (tertiary/aromatic N) is 4. The molecule has 7 nitrogen and oxygen atoms in total. The number of piperidine rings is 1. The number of benzene rings is 2. The van der Waals surface area contributed by atoms with Gasteiger partial charge in [-0.1, -0.05) is 23.7 Å². The molecule has 0 aliphatic carbocycles. The van der Waals surface area contributed by atoms with Crippen molar-refractivity contribution in [3.05, 3.63) is 69.2 Å². The number of amides is 2. The molecule has 0 radical (unpaired) electrons. The lowest BCUT2D eigenvalue weighted by Gasteiger charge is -2.31. The summed E-state index contributed by atoms with van der Waals surface area (Å²) in [5, 5.41) is 5.62. The third-order valence-corrected chi connectivity index (χ3v) is 7.72. The van der Waals surface area contributed by atoms with E-state index in [9.17, 15) is 22.8 Å². The quantitative estimate of drug-likeness (QED) is 0.468. The molecule has 2 amide bonds. The molecule has 12 heteroatoms. The maximum Gasteiger partial charge on any atom is 0.416 e. The summed E-state index contributed by atoms with van der Waals surface area (Å²) < 4.78 is 42.0. The molecule has 1 saturated heterocycles. The molecule has 1 aromatic heterocycles. The smallest absolute Gasteiger partial charge is 0.369 e. The van der Waals surface area contributed by atoms with Crippen LogP contribution in [0.3, 0.4) is 0 Å². The van der Waals surface area contributed by atoms with E-state index in [4.69, 9.17) is 17.3 Å². The van der Waals surface area contributed by atoms with Crippen LogP contribution in [-0.2, 0) is 22.3 Å². The highest BCUT2D eigenvalue weighted by atomic mass is 35.5. The fourth-order valence-electron chi connectivity index (χ4n) is 4.47. The van der Waals surface area contributed by atoms with Crippen LogP contribution in [0.4, 0.5) is 13.2 Å². The molecule has 0 bridgehead atoms. The fraction of sp³-hybridized carbons (Fsp3) is 0.280. The number of alkyl halides is 3. The van der Waals surface area contributed by atoms with Crippen molar-refractivity contribution < 1.29 is 22.8 Å². The van der Waals surface area contributed by atoms with Crippen LogP contribution in [0.25, 0.3) is 17.0 Å². The Morgan fingerprint density at radius 3 is 2.65 bits per heavy atom. The molecule has 1 fully saturated rings. The number of nitrogens with two attached hydrogens (primary N) is 1. The number of fused-ring (bicyclic) bond motifs is 1. The molecule has 2 aromatic carbocycles. The zero-order valence-corrected chi connectivity index (χ0v) is 20.9. The predicted octanol–water partition coefficient (Wildman–Crippen LogP) is 4.92. The Morgan fingerprint density at radius 1 is 1.19 bits per heavy atom. The van der Waals surface area contributed by atoms with E-state index in [2.05, 4.69) is 10.1 Å². The zero-order valence-electron chi connectivity index (χ0n) is 19.3. The molecular formula is C25H21ClF3N5O2S. The van der Waals surface area contributed by atoms with E-state index < -0.39 is 11.7 Å². The van der Waals surface area contributed by atoms with Gasteiger partial charge in [-0.05, 0) is 66.1 Å². The zero-order chi connectivity index (χ0) is 26.3. The highest BCUT2D eigenvalue weighted by Crippen LogP contribution is 2.35. The van der Waals surface area contributed by atoms with Gasteiger partial charge in [-0.25, -0.2) is 0 Å². The number of primary amides is 1. The number of carbonyl (C=O) groups excluding carboxylic acids is 2. The van der Waals surface area contributed by atoms with E-state index >= 15 is 0 Å². The summed E-state index contributed by atoms with van der Waals surface area (Å²) in [6.07, 6.45) is 0.0334. The van der Waals surface area contributed by atoms with Gasteiger partial charge >= 0.3 is 6.18 Å². The van der Waals surface area contributed by atoms with E-state index in [1.54, 1.807) is 24.4 Å². The topological polar surface area (TPSA) is 93.6 Å². The van der Waals surface area contributed by atoms with Crippen molar-refractivity contribution in [2.45, 2.75) is 25.6 Å². The highest BCUT2D eigenvalue weighted by molar-refractivity contribution is 8.18. The molecule has 37 heavy (non-hydrogen) atoms. The van der Waals surface area contributed by atoms with Crippen LogP contribution in [0.1, 0.15) is 29.5 Å². The van der Waals surface area contributed by atoms with Crippen molar-refractivity contribution in [1.82, 2.24) is 14.7 Å². The Labute approximate surface area is 219 Å². The average molecular weight is 548 g/mol. The van der Waals surface area contributed by atoms with Crippen molar-refractivity contribution in [2.75, 3.05) is 13.1 Å². The molecule has 3 aromatic rings. The Hall–Kier alpha value is -3.31. The molecule has 192 valence electrons. The number of hydrogen-bond acceptors (Lipinski definition) is 5. The van der Waals surface area contributed by atoms with Gasteiger partial charge < -0.3 is 10.6 Å². The third kappa shape index (κ3) is 5.37. The monoisotopic (exact) mass is 547 g/mol. The van der Waals surface area contributed by atoms with Crippen molar-refractivity contribution in [3.63, 3.8) is 0 Å². The summed E-state index contributed by atoms with van der Waals surface area (Å²) >= 11 is 7.07. The van der Waals surface area contributed by atoms with E-state index in [0.717, 1.165) is 17.0 Å². The first kappa shape index (κ1) is 25.3. The van der Waals surface area contributed by atoms with Crippen molar-refractivity contribution >= 4 is 57.3 Å². The molecule has 0 unspecified atom stereocenters. The van der Waals surface area contributed by atoms with Crippen LogP contribution in [0, 0.1) is 5.92 Å². The van der Waals surface area contributed by atoms with Crippen LogP contribution < -0.4 is 5.73 Å². The van der Waals surface area contributed by atoms with Gasteiger partial charge in [0.1, 0.15) is 0 Å². The van der Waals surface area contributed by atoms with Gasteiger partial charge in [0.2, 0.25) is 5.91 Å². The molecule has 2 aliphatic rings. The van der Waals surface area contributed by atoms with E-state index in [0.29, 0.717) is 41.5 Å². The first-order valence-corrected chi connectivity index (χ1v) is 12.7. The number of aliphatic imine (C=N–C) groups is 1.